The molecule has 1 heterocycles. The highest BCUT2D eigenvalue weighted by Gasteiger charge is 2.22. The summed E-state index contributed by atoms with van der Waals surface area (Å²) in [4.78, 5) is 17.1. The minimum absolute atomic E-state index is 0.130. The fraction of sp³-hybridized carbons (Fsp3) is 0.267. The number of benzene rings is 3. The van der Waals surface area contributed by atoms with Crippen molar-refractivity contribution >= 4 is 22.7 Å². The van der Waals surface area contributed by atoms with Crippen LogP contribution >= 0.6 is 0 Å². The van der Waals surface area contributed by atoms with E-state index in [2.05, 4.69) is 28.5 Å². The van der Waals surface area contributed by atoms with Gasteiger partial charge in [0.1, 0.15) is 17.6 Å². The monoisotopic (exact) mass is 498 g/mol. The molecular formula is C30H30N2O5. The summed E-state index contributed by atoms with van der Waals surface area (Å²) in [6.45, 7) is 3.92. The summed E-state index contributed by atoms with van der Waals surface area (Å²) in [5.41, 5.74) is 5.83. The van der Waals surface area contributed by atoms with Crippen LogP contribution in [-0.2, 0) is 17.6 Å². The number of nitrogens with one attached hydrogen (secondary N) is 1. The Morgan fingerprint density at radius 3 is 2.43 bits per heavy atom. The van der Waals surface area contributed by atoms with Crippen LogP contribution < -0.4 is 19.5 Å². The number of hydrogen-bond acceptors (Lipinski definition) is 6. The zero-order valence-corrected chi connectivity index (χ0v) is 21.5. The Hall–Kier alpha value is -4.26. The molecule has 7 heteroatoms. The van der Waals surface area contributed by atoms with Crippen molar-refractivity contribution in [3.63, 3.8) is 0 Å². The van der Waals surface area contributed by atoms with Gasteiger partial charge >= 0.3 is 6.09 Å². The van der Waals surface area contributed by atoms with Crippen molar-refractivity contribution in [1.29, 1.82) is 0 Å². The molecule has 0 spiro atoms. The summed E-state index contributed by atoms with van der Waals surface area (Å²) in [5, 5.41) is 3.72. The van der Waals surface area contributed by atoms with Crippen molar-refractivity contribution < 1.29 is 23.7 Å². The van der Waals surface area contributed by atoms with E-state index in [1.54, 1.807) is 20.4 Å². The molecule has 0 saturated heterocycles. The molecule has 0 bridgehead atoms. The number of anilines is 1. The summed E-state index contributed by atoms with van der Waals surface area (Å²) >= 11 is 0. The minimum atomic E-state index is -0.443. The number of methoxy groups -OCH3 is 2. The molecule has 1 aliphatic carbocycles. The third-order valence-corrected chi connectivity index (χ3v) is 6.98. The molecule has 3 aromatic carbocycles. The van der Waals surface area contributed by atoms with Gasteiger partial charge in [-0.25, -0.2) is 4.79 Å². The van der Waals surface area contributed by atoms with Gasteiger partial charge < -0.3 is 18.9 Å². The van der Waals surface area contributed by atoms with Crippen molar-refractivity contribution in [1.82, 2.24) is 4.98 Å². The second-order valence-electron chi connectivity index (χ2n) is 9.16. The Morgan fingerprint density at radius 1 is 0.892 bits per heavy atom. The smallest absolute Gasteiger partial charge is 0.411 e. The van der Waals surface area contributed by atoms with Gasteiger partial charge in [0.25, 0.3) is 0 Å². The van der Waals surface area contributed by atoms with E-state index in [1.165, 1.54) is 11.1 Å². The Bertz CT molecular complexity index is 1470. The fourth-order valence-corrected chi connectivity index (χ4v) is 4.75. The summed E-state index contributed by atoms with van der Waals surface area (Å²) < 4.78 is 22.9. The first-order chi connectivity index (χ1) is 18.0. The van der Waals surface area contributed by atoms with Crippen LogP contribution in [0.4, 0.5) is 10.5 Å². The molecule has 1 unspecified atom stereocenters. The number of ether oxygens (including phenoxy) is 4. The number of pyridine rings is 1. The standard InChI is InChI=1S/C30H30N2O5/c1-18-19(2)26(37-27-13-14-31-25-17-29(35-4)28(34-3)16-23(25)27)12-11-24(18)32-30(33)36-22-10-9-20-7-5-6-8-21(20)15-22/h5-8,11-14,16-17,22H,9-10,15H2,1-4H3,(H,32,33). The molecule has 5 rings (SSSR count). The second kappa shape index (κ2) is 10.4. The lowest BCUT2D eigenvalue weighted by Crippen LogP contribution is -2.28. The van der Waals surface area contributed by atoms with Gasteiger partial charge in [0, 0.05) is 29.8 Å². The fourth-order valence-electron chi connectivity index (χ4n) is 4.75. The molecule has 7 nitrogen and oxygen atoms in total. The molecule has 37 heavy (non-hydrogen) atoms. The van der Waals surface area contributed by atoms with Crippen molar-refractivity contribution in [2.24, 2.45) is 0 Å². The van der Waals surface area contributed by atoms with Crippen molar-refractivity contribution in [3.05, 3.63) is 83.0 Å². The van der Waals surface area contributed by atoms with E-state index in [1.807, 2.05) is 50.2 Å². The number of hydrogen-bond donors (Lipinski definition) is 1. The molecule has 190 valence electrons. The highest BCUT2D eigenvalue weighted by atomic mass is 16.6. The lowest BCUT2D eigenvalue weighted by atomic mass is 9.90. The molecular weight excluding hydrogens is 468 g/mol. The zero-order chi connectivity index (χ0) is 25.9. The molecule has 0 fully saturated rings. The van der Waals surface area contributed by atoms with Gasteiger partial charge in [-0.2, -0.15) is 0 Å². The first-order valence-electron chi connectivity index (χ1n) is 12.3. The van der Waals surface area contributed by atoms with Gasteiger partial charge in [-0.3, -0.25) is 10.3 Å². The number of nitrogens with zero attached hydrogens (tertiary/aromatic N) is 1. The maximum Gasteiger partial charge on any atom is 0.411 e. The second-order valence-corrected chi connectivity index (χ2v) is 9.16. The molecule has 1 aliphatic rings. The lowest BCUT2D eigenvalue weighted by Gasteiger charge is -2.25. The Balaban J connectivity index is 1.31. The van der Waals surface area contributed by atoms with Crippen molar-refractivity contribution in [3.8, 4) is 23.0 Å². The van der Waals surface area contributed by atoms with Gasteiger partial charge in [-0.05, 0) is 73.2 Å². The van der Waals surface area contributed by atoms with Gasteiger partial charge in [0.2, 0.25) is 0 Å². The number of aryl methyl sites for hydroxylation is 1. The third-order valence-electron chi connectivity index (χ3n) is 6.98. The molecule has 1 aromatic heterocycles. The molecule has 4 aromatic rings. The Labute approximate surface area is 216 Å². The van der Waals surface area contributed by atoms with Crippen LogP contribution in [0.15, 0.2) is 60.8 Å². The quantitative estimate of drug-likeness (QED) is 0.316. The predicted molar refractivity (Wildman–Crippen MR) is 143 cm³/mol. The van der Waals surface area contributed by atoms with Crippen LogP contribution in [0.25, 0.3) is 10.9 Å². The van der Waals surface area contributed by atoms with Crippen molar-refractivity contribution in [2.45, 2.75) is 39.2 Å². The SMILES string of the molecule is COc1cc2nccc(Oc3ccc(NC(=O)OC4CCc5ccccc5C4)c(C)c3C)c2cc1OC. The molecule has 1 N–H and O–H groups in total. The molecule has 1 amide bonds. The van der Waals surface area contributed by atoms with Crippen LogP contribution in [0.2, 0.25) is 0 Å². The van der Waals surface area contributed by atoms with Crippen LogP contribution in [-0.4, -0.2) is 31.4 Å². The van der Waals surface area contributed by atoms with E-state index in [9.17, 15) is 4.79 Å². The van der Waals surface area contributed by atoms with E-state index in [0.29, 0.717) is 28.7 Å². The van der Waals surface area contributed by atoms with E-state index < -0.39 is 6.09 Å². The first-order valence-corrected chi connectivity index (χ1v) is 12.3. The summed E-state index contributed by atoms with van der Waals surface area (Å²) in [5.74, 6) is 2.53. The van der Waals surface area contributed by atoms with Crippen LogP contribution in [0, 0.1) is 13.8 Å². The van der Waals surface area contributed by atoms with Gasteiger partial charge in [-0.15, -0.1) is 0 Å². The van der Waals surface area contributed by atoms with E-state index in [0.717, 1.165) is 41.3 Å². The number of carbonyl (C=O) groups is 1. The van der Waals surface area contributed by atoms with Gasteiger partial charge in [-0.1, -0.05) is 24.3 Å². The van der Waals surface area contributed by atoms with Crippen LogP contribution in [0.3, 0.4) is 0 Å². The average molecular weight is 499 g/mol. The highest BCUT2D eigenvalue weighted by molar-refractivity contribution is 5.89. The minimum Gasteiger partial charge on any atom is -0.493 e. The maximum absolute atomic E-state index is 12.7. The van der Waals surface area contributed by atoms with Crippen molar-refractivity contribution in [2.75, 3.05) is 19.5 Å². The summed E-state index contributed by atoms with van der Waals surface area (Å²) in [6, 6.07) is 17.5. The largest absolute Gasteiger partial charge is 0.493 e. The predicted octanol–water partition coefficient (Wildman–Crippen LogP) is 6.77. The molecule has 0 radical (unpaired) electrons. The normalized spacial score (nSPS) is 14.5. The maximum atomic E-state index is 12.7. The van der Waals surface area contributed by atoms with E-state index >= 15 is 0 Å². The number of carbonyl (C=O) groups excluding carboxylic acids is 1. The summed E-state index contributed by atoms with van der Waals surface area (Å²) in [7, 11) is 3.19. The van der Waals surface area contributed by atoms with Gasteiger partial charge in [0.05, 0.1) is 19.7 Å². The van der Waals surface area contributed by atoms with Crippen LogP contribution in [0.1, 0.15) is 28.7 Å². The molecule has 1 atom stereocenters. The molecule has 0 saturated carbocycles. The lowest BCUT2D eigenvalue weighted by molar-refractivity contribution is 0.102. The Kier molecular flexibility index (Phi) is 6.86. The average Bonchev–Trinajstić information content (AvgIpc) is 2.92. The highest BCUT2D eigenvalue weighted by Crippen LogP contribution is 2.38. The number of amides is 1. The first kappa shape index (κ1) is 24.4. The van der Waals surface area contributed by atoms with Gasteiger partial charge in [0.15, 0.2) is 11.5 Å². The number of fused-ring (bicyclic) bond motifs is 2. The third kappa shape index (κ3) is 5.03. The number of rotatable bonds is 6. The Morgan fingerprint density at radius 2 is 1.65 bits per heavy atom. The topological polar surface area (TPSA) is 78.9 Å². The van der Waals surface area contributed by atoms with Crippen LogP contribution in [0.5, 0.6) is 23.0 Å². The number of aromatic nitrogens is 1. The molecule has 0 aliphatic heterocycles. The summed E-state index contributed by atoms with van der Waals surface area (Å²) in [6.07, 6.45) is 3.61. The van der Waals surface area contributed by atoms with E-state index in [4.69, 9.17) is 18.9 Å². The van der Waals surface area contributed by atoms with E-state index in [-0.39, 0.29) is 6.10 Å². The zero-order valence-electron chi connectivity index (χ0n) is 21.5.